The first-order chi connectivity index (χ1) is 17.7. The third-order valence-corrected chi connectivity index (χ3v) is 6.83. The second-order valence-corrected chi connectivity index (χ2v) is 10.3. The number of benzene rings is 1. The smallest absolute Gasteiger partial charge is 0.293 e. The van der Waals surface area contributed by atoms with E-state index >= 15 is 0 Å². The maximum atomic E-state index is 13.2. The van der Waals surface area contributed by atoms with Crippen molar-refractivity contribution in [3.05, 3.63) is 45.8 Å². The second-order valence-electron chi connectivity index (χ2n) is 9.91. The molecule has 1 saturated heterocycles. The van der Waals surface area contributed by atoms with Crippen molar-refractivity contribution < 1.29 is 9.53 Å². The Morgan fingerprint density at radius 1 is 1.30 bits per heavy atom. The largest absolute Gasteiger partial charge is 0.480 e. The fourth-order valence-corrected chi connectivity index (χ4v) is 4.57. The minimum absolute atomic E-state index is 0.0629. The van der Waals surface area contributed by atoms with E-state index in [-0.39, 0.29) is 23.7 Å². The molecule has 3 heterocycles. The summed E-state index contributed by atoms with van der Waals surface area (Å²) in [5.74, 6) is 1.88. The molecule has 9 nitrogen and oxygen atoms in total. The molecule has 0 saturated carbocycles. The van der Waals surface area contributed by atoms with Crippen molar-refractivity contribution in [3.8, 4) is 5.75 Å². The lowest BCUT2D eigenvalue weighted by atomic mass is 10.0. The lowest BCUT2D eigenvalue weighted by Gasteiger charge is -2.31. The van der Waals surface area contributed by atoms with Gasteiger partial charge in [-0.2, -0.15) is 4.98 Å². The molecule has 0 spiro atoms. The van der Waals surface area contributed by atoms with Crippen LogP contribution in [0.15, 0.2) is 35.3 Å². The monoisotopic (exact) mass is 526 g/mol. The molecular formula is C27H35ClN6O3. The minimum atomic E-state index is -0.252. The molecule has 0 amide bonds. The van der Waals surface area contributed by atoms with Gasteiger partial charge in [0, 0.05) is 43.7 Å². The molecule has 198 valence electrons. The number of fused-ring (bicyclic) bond motifs is 1. The van der Waals surface area contributed by atoms with E-state index in [0.29, 0.717) is 42.2 Å². The van der Waals surface area contributed by atoms with Crippen molar-refractivity contribution >= 4 is 45.7 Å². The molecule has 10 heteroatoms. The number of anilines is 3. The number of nitrogens with one attached hydrogen (secondary N) is 1. The van der Waals surface area contributed by atoms with E-state index in [4.69, 9.17) is 21.3 Å². The molecule has 1 aromatic carbocycles. The van der Waals surface area contributed by atoms with Crippen LogP contribution in [0.25, 0.3) is 10.9 Å². The topological polar surface area (TPSA) is 92.6 Å². The van der Waals surface area contributed by atoms with Crippen LogP contribution in [0.3, 0.4) is 0 Å². The second kappa shape index (κ2) is 11.9. The fraction of sp³-hybridized carbons (Fsp3) is 0.481. The van der Waals surface area contributed by atoms with Crippen LogP contribution in [-0.4, -0.2) is 65.6 Å². The zero-order valence-electron chi connectivity index (χ0n) is 22.0. The fourth-order valence-electron chi connectivity index (χ4n) is 4.43. The standard InChI is InChI=1S/C27H35ClN6O3/c1-5-21(35)17-37-24-14-19-13-20(8-9-23(19)34(26(24)36)12-11-32(3)4)30-25-22(28)15-29-27(31-25)33-10-6-7-18(2)16-33/h8-9,13-15,18H,5-7,10-12,16-17H2,1-4H3,(H,29,30,31)/t18-/m0/s1. The molecule has 0 radical (unpaired) electrons. The molecule has 1 fully saturated rings. The van der Waals surface area contributed by atoms with Gasteiger partial charge in [0.1, 0.15) is 11.6 Å². The van der Waals surface area contributed by atoms with Crippen LogP contribution >= 0.6 is 11.6 Å². The first-order valence-electron chi connectivity index (χ1n) is 12.8. The van der Waals surface area contributed by atoms with E-state index in [1.807, 2.05) is 37.2 Å². The van der Waals surface area contributed by atoms with Crippen LogP contribution in [0.5, 0.6) is 5.75 Å². The molecule has 0 unspecified atom stereocenters. The highest BCUT2D eigenvalue weighted by Gasteiger charge is 2.20. The van der Waals surface area contributed by atoms with Gasteiger partial charge in [0.2, 0.25) is 5.95 Å². The number of carbonyl (C=O) groups excluding carboxylic acids is 1. The number of halogens is 1. The van der Waals surface area contributed by atoms with Gasteiger partial charge in [0.15, 0.2) is 17.4 Å². The van der Waals surface area contributed by atoms with E-state index in [2.05, 4.69) is 22.1 Å². The first-order valence-corrected chi connectivity index (χ1v) is 13.1. The highest BCUT2D eigenvalue weighted by molar-refractivity contribution is 6.32. The van der Waals surface area contributed by atoms with Crippen LogP contribution < -0.4 is 20.5 Å². The molecule has 1 N–H and O–H groups in total. The number of rotatable bonds is 10. The maximum absolute atomic E-state index is 13.2. The van der Waals surface area contributed by atoms with E-state index in [1.165, 1.54) is 6.42 Å². The Labute approximate surface area is 222 Å². The SMILES string of the molecule is CCC(=O)COc1cc2cc(Nc3nc(N4CCC[C@H](C)C4)ncc3Cl)ccc2n(CCN(C)C)c1=O. The van der Waals surface area contributed by atoms with E-state index in [1.54, 1.807) is 23.8 Å². The Kier molecular flexibility index (Phi) is 8.66. The van der Waals surface area contributed by atoms with Crippen LogP contribution in [0.4, 0.5) is 17.5 Å². The molecule has 2 aromatic heterocycles. The Balaban J connectivity index is 1.67. The molecule has 37 heavy (non-hydrogen) atoms. The van der Waals surface area contributed by atoms with Crippen molar-refractivity contribution in [2.75, 3.05) is 50.6 Å². The third-order valence-electron chi connectivity index (χ3n) is 6.55. The normalized spacial score (nSPS) is 15.8. The van der Waals surface area contributed by atoms with Crippen LogP contribution in [0.1, 0.15) is 33.1 Å². The number of ether oxygens (including phenoxy) is 1. The zero-order chi connectivity index (χ0) is 26.5. The van der Waals surface area contributed by atoms with Crippen LogP contribution in [0.2, 0.25) is 5.02 Å². The number of Topliss-reactive ketones (excluding diaryl/α,β-unsaturated/α-hetero) is 1. The van der Waals surface area contributed by atoms with Gasteiger partial charge in [0.05, 0.1) is 11.7 Å². The molecular weight excluding hydrogens is 492 g/mol. The van der Waals surface area contributed by atoms with Crippen molar-refractivity contribution in [2.24, 2.45) is 5.92 Å². The number of ketones is 1. The Morgan fingerprint density at radius 2 is 2.11 bits per heavy atom. The lowest BCUT2D eigenvalue weighted by Crippen LogP contribution is -2.35. The van der Waals surface area contributed by atoms with Gasteiger partial charge in [-0.15, -0.1) is 0 Å². The number of hydrogen-bond donors (Lipinski definition) is 1. The van der Waals surface area contributed by atoms with Crippen LogP contribution in [0, 0.1) is 5.92 Å². The summed E-state index contributed by atoms with van der Waals surface area (Å²) in [5, 5.41) is 4.54. The van der Waals surface area contributed by atoms with Crippen molar-refractivity contribution in [3.63, 3.8) is 0 Å². The lowest BCUT2D eigenvalue weighted by molar-refractivity contribution is -0.120. The van der Waals surface area contributed by atoms with Gasteiger partial charge >= 0.3 is 0 Å². The average Bonchev–Trinajstić information content (AvgIpc) is 2.88. The molecule has 1 aliphatic heterocycles. The summed E-state index contributed by atoms with van der Waals surface area (Å²) >= 11 is 6.45. The highest BCUT2D eigenvalue weighted by atomic mass is 35.5. The van der Waals surface area contributed by atoms with Gasteiger partial charge in [-0.1, -0.05) is 25.4 Å². The summed E-state index contributed by atoms with van der Waals surface area (Å²) in [7, 11) is 3.92. The summed E-state index contributed by atoms with van der Waals surface area (Å²) in [5.41, 5.74) is 1.29. The third kappa shape index (κ3) is 6.59. The van der Waals surface area contributed by atoms with Gasteiger partial charge in [-0.3, -0.25) is 9.59 Å². The summed E-state index contributed by atoms with van der Waals surface area (Å²) in [6.45, 7) is 6.90. The van der Waals surface area contributed by atoms with Gasteiger partial charge in [0.25, 0.3) is 5.56 Å². The summed E-state index contributed by atoms with van der Waals surface area (Å²) in [4.78, 5) is 38.4. The van der Waals surface area contributed by atoms with E-state index < -0.39 is 0 Å². The predicted octanol–water partition coefficient (Wildman–Crippen LogP) is 4.34. The van der Waals surface area contributed by atoms with Gasteiger partial charge in [-0.25, -0.2) is 4.98 Å². The number of aromatic nitrogens is 3. The number of hydrogen-bond acceptors (Lipinski definition) is 8. The molecule has 1 atom stereocenters. The quantitative estimate of drug-likeness (QED) is 0.417. The van der Waals surface area contributed by atoms with Crippen molar-refractivity contribution in [1.29, 1.82) is 0 Å². The highest BCUT2D eigenvalue weighted by Crippen LogP contribution is 2.29. The number of piperidine rings is 1. The molecule has 3 aromatic rings. The van der Waals surface area contributed by atoms with Crippen molar-refractivity contribution in [2.45, 2.75) is 39.7 Å². The number of nitrogens with zero attached hydrogens (tertiary/aromatic N) is 5. The summed E-state index contributed by atoms with van der Waals surface area (Å²) in [6.07, 6.45) is 4.31. The number of likely N-dealkylation sites (N-methyl/N-ethyl adjacent to an activating group) is 1. The van der Waals surface area contributed by atoms with E-state index in [9.17, 15) is 9.59 Å². The first kappa shape index (κ1) is 26.9. The Hall–Kier alpha value is -3.17. The molecule has 4 rings (SSSR count). The number of carbonyl (C=O) groups is 1. The molecule has 1 aliphatic rings. The van der Waals surface area contributed by atoms with Crippen LogP contribution in [-0.2, 0) is 11.3 Å². The van der Waals surface area contributed by atoms with Crippen molar-refractivity contribution in [1.82, 2.24) is 19.4 Å². The summed E-state index contributed by atoms with van der Waals surface area (Å²) < 4.78 is 7.34. The summed E-state index contributed by atoms with van der Waals surface area (Å²) in [6, 6.07) is 7.42. The maximum Gasteiger partial charge on any atom is 0.293 e. The average molecular weight is 527 g/mol. The van der Waals surface area contributed by atoms with Gasteiger partial charge < -0.3 is 24.4 Å². The molecule has 0 bridgehead atoms. The Bertz CT molecular complexity index is 1330. The minimum Gasteiger partial charge on any atom is -0.480 e. The van der Waals surface area contributed by atoms with Gasteiger partial charge in [-0.05, 0) is 57.1 Å². The number of pyridine rings is 1. The van der Waals surface area contributed by atoms with E-state index in [0.717, 1.165) is 36.1 Å². The zero-order valence-corrected chi connectivity index (χ0v) is 22.7. The Morgan fingerprint density at radius 3 is 2.84 bits per heavy atom. The molecule has 0 aliphatic carbocycles. The predicted molar refractivity (Wildman–Crippen MR) is 148 cm³/mol.